The highest BCUT2D eigenvalue weighted by Gasteiger charge is 2.17. The number of alkyl halides is 1. The largest absolute Gasteiger partial charge is 0.152 e. The molecule has 90 valence electrons. The molecule has 0 fully saturated rings. The molecule has 1 aromatic heterocycles. The van der Waals surface area contributed by atoms with Crippen LogP contribution < -0.4 is 0 Å². The molecule has 17 heavy (non-hydrogen) atoms. The Kier molecular flexibility index (Phi) is 3.82. The molecule has 0 aliphatic heterocycles. The van der Waals surface area contributed by atoms with Crippen molar-refractivity contribution >= 4 is 34.5 Å². The normalized spacial score (nSPS) is 12.8. The van der Waals surface area contributed by atoms with E-state index < -0.39 is 0 Å². The first-order chi connectivity index (χ1) is 8.00. The first-order valence-electron chi connectivity index (χ1n) is 5.44. The third-order valence-electron chi connectivity index (χ3n) is 3.05. The van der Waals surface area contributed by atoms with Gasteiger partial charge in [0, 0.05) is 5.02 Å². The van der Waals surface area contributed by atoms with Gasteiger partial charge in [-0.15, -0.1) is 11.6 Å². The molecule has 0 aliphatic carbocycles. The first kappa shape index (κ1) is 12.9. The third-order valence-corrected chi connectivity index (χ3v) is 4.73. The van der Waals surface area contributed by atoms with E-state index >= 15 is 0 Å². The maximum absolute atomic E-state index is 6.53. The topological polar surface area (TPSA) is 0 Å². The van der Waals surface area contributed by atoms with Gasteiger partial charge < -0.3 is 0 Å². The lowest BCUT2D eigenvalue weighted by atomic mass is 10.00. The molecule has 0 bridgehead atoms. The summed E-state index contributed by atoms with van der Waals surface area (Å²) in [6.07, 6.45) is 0. The van der Waals surface area contributed by atoms with Crippen molar-refractivity contribution in [1.82, 2.24) is 0 Å². The van der Waals surface area contributed by atoms with E-state index in [0.717, 1.165) is 16.1 Å². The van der Waals surface area contributed by atoms with Gasteiger partial charge >= 0.3 is 0 Å². The van der Waals surface area contributed by atoms with Crippen LogP contribution in [0, 0.1) is 20.8 Å². The molecule has 3 heteroatoms. The van der Waals surface area contributed by atoms with Crippen molar-refractivity contribution in [3.63, 3.8) is 0 Å². The fourth-order valence-electron chi connectivity index (χ4n) is 1.80. The highest BCUT2D eigenvalue weighted by atomic mass is 35.5. The Morgan fingerprint density at radius 3 is 2.18 bits per heavy atom. The van der Waals surface area contributed by atoms with Crippen molar-refractivity contribution in [3.05, 3.63) is 55.7 Å². The Labute approximate surface area is 116 Å². The molecular formula is C14H14Cl2S. The van der Waals surface area contributed by atoms with Crippen molar-refractivity contribution in [2.24, 2.45) is 0 Å². The molecule has 0 nitrogen and oxygen atoms in total. The van der Waals surface area contributed by atoms with Gasteiger partial charge in [-0.25, -0.2) is 0 Å². The van der Waals surface area contributed by atoms with Crippen molar-refractivity contribution < 1.29 is 0 Å². The number of halogens is 2. The summed E-state index contributed by atoms with van der Waals surface area (Å²) in [4.78, 5) is 0. The molecule has 1 aromatic carbocycles. The summed E-state index contributed by atoms with van der Waals surface area (Å²) in [5.74, 6) is 0. The van der Waals surface area contributed by atoms with Crippen molar-refractivity contribution in [1.29, 1.82) is 0 Å². The van der Waals surface area contributed by atoms with Crippen molar-refractivity contribution in [2.75, 3.05) is 0 Å². The summed E-state index contributed by atoms with van der Waals surface area (Å²) in [6, 6.07) is 4.08. The maximum atomic E-state index is 6.53. The second kappa shape index (κ2) is 5.01. The predicted octanol–water partition coefficient (Wildman–Crippen LogP) is 5.65. The van der Waals surface area contributed by atoms with Gasteiger partial charge in [0.2, 0.25) is 0 Å². The highest BCUT2D eigenvalue weighted by molar-refractivity contribution is 7.08. The number of hydrogen-bond acceptors (Lipinski definition) is 1. The van der Waals surface area contributed by atoms with Crippen LogP contribution in [0.2, 0.25) is 5.02 Å². The molecule has 0 saturated carbocycles. The van der Waals surface area contributed by atoms with E-state index in [4.69, 9.17) is 23.2 Å². The minimum absolute atomic E-state index is 0.159. The summed E-state index contributed by atoms with van der Waals surface area (Å²) in [5.41, 5.74) is 5.80. The van der Waals surface area contributed by atoms with Crippen LogP contribution in [-0.4, -0.2) is 0 Å². The Hall–Kier alpha value is -0.500. The van der Waals surface area contributed by atoms with Crippen LogP contribution in [0.15, 0.2) is 22.9 Å². The van der Waals surface area contributed by atoms with Gasteiger partial charge in [-0.05, 0) is 65.4 Å². The standard InChI is InChI=1S/C14H14Cl2S/c1-8-4-11(13(15)5-9(8)2)14(16)12-7-17-6-10(12)3/h4-7,14H,1-3H3. The van der Waals surface area contributed by atoms with Gasteiger partial charge in [0.05, 0.1) is 5.38 Å². The van der Waals surface area contributed by atoms with E-state index in [1.54, 1.807) is 11.3 Å². The van der Waals surface area contributed by atoms with E-state index in [1.165, 1.54) is 16.7 Å². The molecule has 0 aliphatic rings. The van der Waals surface area contributed by atoms with Gasteiger partial charge in [0.25, 0.3) is 0 Å². The minimum Gasteiger partial charge on any atom is -0.152 e. The first-order valence-corrected chi connectivity index (χ1v) is 7.20. The van der Waals surface area contributed by atoms with Gasteiger partial charge in [-0.2, -0.15) is 11.3 Å². The Bertz CT molecular complexity index is 543. The molecular weight excluding hydrogens is 271 g/mol. The zero-order valence-corrected chi connectivity index (χ0v) is 12.4. The zero-order valence-electron chi connectivity index (χ0n) is 10.1. The van der Waals surface area contributed by atoms with Crippen molar-refractivity contribution in [3.8, 4) is 0 Å². The molecule has 2 rings (SSSR count). The average molecular weight is 285 g/mol. The summed E-state index contributed by atoms with van der Waals surface area (Å²) in [5, 5.41) is 4.80. The maximum Gasteiger partial charge on any atom is 0.0860 e. The van der Waals surface area contributed by atoms with E-state index in [1.807, 2.05) is 6.07 Å². The SMILES string of the molecule is Cc1cc(Cl)c(C(Cl)c2cscc2C)cc1C. The number of thiophene rings is 1. The Morgan fingerprint density at radius 2 is 1.59 bits per heavy atom. The predicted molar refractivity (Wildman–Crippen MR) is 77.7 cm³/mol. The number of aryl methyl sites for hydroxylation is 3. The highest BCUT2D eigenvalue weighted by Crippen LogP contribution is 2.37. The average Bonchev–Trinajstić information content (AvgIpc) is 2.69. The smallest absolute Gasteiger partial charge is 0.0860 e. The van der Waals surface area contributed by atoms with Gasteiger partial charge in [0.1, 0.15) is 0 Å². The lowest BCUT2D eigenvalue weighted by Gasteiger charge is -2.14. The lowest BCUT2D eigenvalue weighted by molar-refractivity contribution is 1.11. The lowest BCUT2D eigenvalue weighted by Crippen LogP contribution is -1.96. The van der Waals surface area contributed by atoms with Gasteiger partial charge in [0.15, 0.2) is 0 Å². The molecule has 1 heterocycles. The van der Waals surface area contributed by atoms with E-state index in [-0.39, 0.29) is 5.38 Å². The molecule has 0 spiro atoms. The quantitative estimate of drug-likeness (QED) is 0.625. The summed E-state index contributed by atoms with van der Waals surface area (Å²) in [6.45, 7) is 6.22. The molecule has 0 amide bonds. The minimum atomic E-state index is -0.159. The molecule has 1 unspecified atom stereocenters. The Balaban J connectivity index is 2.48. The third kappa shape index (κ3) is 2.52. The fraction of sp³-hybridized carbons (Fsp3) is 0.286. The van der Waals surface area contributed by atoms with Crippen LogP contribution in [-0.2, 0) is 0 Å². The molecule has 2 aromatic rings. The van der Waals surface area contributed by atoms with Gasteiger partial charge in [-0.3, -0.25) is 0 Å². The second-order valence-electron chi connectivity index (χ2n) is 4.33. The monoisotopic (exact) mass is 284 g/mol. The number of hydrogen-bond donors (Lipinski definition) is 0. The molecule has 0 saturated heterocycles. The van der Waals surface area contributed by atoms with Crippen LogP contribution in [0.3, 0.4) is 0 Å². The van der Waals surface area contributed by atoms with E-state index in [9.17, 15) is 0 Å². The summed E-state index contributed by atoms with van der Waals surface area (Å²) < 4.78 is 0. The number of rotatable bonds is 2. The molecule has 0 N–H and O–H groups in total. The van der Waals surface area contributed by atoms with E-state index in [2.05, 4.69) is 37.6 Å². The summed E-state index contributed by atoms with van der Waals surface area (Å²) in [7, 11) is 0. The Morgan fingerprint density at radius 1 is 0.941 bits per heavy atom. The second-order valence-corrected chi connectivity index (χ2v) is 5.92. The van der Waals surface area contributed by atoms with Crippen LogP contribution >= 0.6 is 34.5 Å². The molecule has 1 atom stereocenters. The van der Waals surface area contributed by atoms with Crippen LogP contribution in [0.1, 0.15) is 33.2 Å². The van der Waals surface area contributed by atoms with Crippen molar-refractivity contribution in [2.45, 2.75) is 26.1 Å². The fourth-order valence-corrected chi connectivity index (χ4v) is 3.55. The number of benzene rings is 1. The van der Waals surface area contributed by atoms with Crippen LogP contribution in [0.5, 0.6) is 0 Å². The van der Waals surface area contributed by atoms with Crippen LogP contribution in [0.4, 0.5) is 0 Å². The summed E-state index contributed by atoms with van der Waals surface area (Å²) >= 11 is 14.5. The molecule has 0 radical (unpaired) electrons. The van der Waals surface area contributed by atoms with Crippen LogP contribution in [0.25, 0.3) is 0 Å². The van der Waals surface area contributed by atoms with E-state index in [0.29, 0.717) is 0 Å². The van der Waals surface area contributed by atoms with Gasteiger partial charge in [-0.1, -0.05) is 17.7 Å². The zero-order chi connectivity index (χ0) is 12.6.